The van der Waals surface area contributed by atoms with Gasteiger partial charge in [0.15, 0.2) is 0 Å². The number of carbonyl (C=O) groups excluding carboxylic acids is 1. The van der Waals surface area contributed by atoms with E-state index >= 15 is 0 Å². The van der Waals surface area contributed by atoms with Crippen molar-refractivity contribution in [3.05, 3.63) is 21.3 Å². The van der Waals surface area contributed by atoms with E-state index < -0.39 is 0 Å². The van der Waals surface area contributed by atoms with Gasteiger partial charge in [0, 0.05) is 21.0 Å². The fraction of sp³-hybridized carbons (Fsp3) is 0.375. The van der Waals surface area contributed by atoms with E-state index in [4.69, 9.17) is 0 Å². The molecule has 1 nitrogen and oxygen atoms in total. The maximum atomic E-state index is 10.5. The number of hydrogen-bond donors (Lipinski definition) is 0. The van der Waals surface area contributed by atoms with Gasteiger partial charge >= 0.3 is 0 Å². The first-order chi connectivity index (χ1) is 4.83. The second kappa shape index (κ2) is 2.19. The van der Waals surface area contributed by atoms with Crippen LogP contribution in [0.5, 0.6) is 0 Å². The lowest BCUT2D eigenvalue weighted by atomic mass is 10.1. The van der Waals surface area contributed by atoms with E-state index in [1.807, 2.05) is 0 Å². The van der Waals surface area contributed by atoms with Crippen molar-refractivity contribution in [1.29, 1.82) is 0 Å². The number of fused-ring (bicyclic) bond motifs is 2. The van der Waals surface area contributed by atoms with Gasteiger partial charge in [-0.05, 0) is 29.0 Å². The van der Waals surface area contributed by atoms with Crippen molar-refractivity contribution in [3.63, 3.8) is 0 Å². The minimum Gasteiger partial charge on any atom is -0.298 e. The quantitative estimate of drug-likeness (QED) is 0.393. The molecule has 2 bridgehead atoms. The Bertz CT molecular complexity index is 240. The van der Waals surface area contributed by atoms with Crippen molar-refractivity contribution in [2.24, 2.45) is 11.8 Å². The van der Waals surface area contributed by atoms with E-state index in [2.05, 4.69) is 34.7 Å². The van der Waals surface area contributed by atoms with Gasteiger partial charge in [-0.2, -0.15) is 0 Å². The molecule has 2 rings (SSSR count). The van der Waals surface area contributed by atoms with Gasteiger partial charge in [-0.15, -0.1) is 0 Å². The molecule has 52 valence electrons. The Balaban J connectivity index is 2.41. The molecule has 0 saturated heterocycles. The maximum Gasteiger partial charge on any atom is 0.147 e. The molecule has 0 aromatic rings. The Morgan fingerprint density at radius 1 is 1.50 bits per heavy atom. The van der Waals surface area contributed by atoms with E-state index in [0.717, 1.165) is 18.3 Å². The third-order valence-corrected chi connectivity index (χ3v) is 3.63. The summed E-state index contributed by atoms with van der Waals surface area (Å²) in [5.41, 5.74) is 1.02. The molecule has 0 aromatic heterocycles. The third-order valence-electron chi connectivity index (χ3n) is 2.21. The van der Waals surface area contributed by atoms with Gasteiger partial charge < -0.3 is 0 Å². The Hall–Kier alpha value is -0.120. The van der Waals surface area contributed by atoms with Gasteiger partial charge in [-0.3, -0.25) is 4.79 Å². The van der Waals surface area contributed by atoms with Gasteiger partial charge in [0.2, 0.25) is 0 Å². The van der Waals surface area contributed by atoms with Crippen LogP contribution in [0, 0.1) is 11.8 Å². The molecule has 0 radical (unpaired) electrons. The largest absolute Gasteiger partial charge is 0.298 e. The number of allylic oxidation sites excluding steroid dienone is 4. The zero-order chi connectivity index (χ0) is 7.14. The second-order valence-electron chi connectivity index (χ2n) is 2.75. The van der Waals surface area contributed by atoms with Gasteiger partial charge in [-0.25, -0.2) is 0 Å². The van der Waals surface area contributed by atoms with Gasteiger partial charge in [-0.1, -0.05) is 12.2 Å². The first-order valence-corrected chi connectivity index (χ1v) is 4.44. The molecule has 0 fully saturated rings. The second-order valence-corrected chi connectivity index (χ2v) is 3.92. The van der Waals surface area contributed by atoms with Crippen molar-refractivity contribution in [1.82, 2.24) is 0 Å². The van der Waals surface area contributed by atoms with E-state index in [0.29, 0.717) is 11.8 Å². The Morgan fingerprint density at radius 2 is 2.20 bits per heavy atom. The summed E-state index contributed by atoms with van der Waals surface area (Å²) in [6, 6.07) is 0. The lowest BCUT2D eigenvalue weighted by Crippen LogP contribution is -1.95. The zero-order valence-corrected chi connectivity index (χ0v) is 7.54. The Morgan fingerprint density at radius 3 is 2.60 bits per heavy atom. The number of rotatable bonds is 1. The first kappa shape index (κ1) is 6.58. The molecule has 0 N–H and O–H groups in total. The summed E-state index contributed by atoms with van der Waals surface area (Å²) in [6.45, 7) is 0. The van der Waals surface area contributed by atoms with Crippen LogP contribution < -0.4 is 0 Å². The number of hydrogen-bond acceptors (Lipinski definition) is 1. The van der Waals surface area contributed by atoms with Gasteiger partial charge in [0.1, 0.15) is 6.29 Å². The molecule has 0 unspecified atom stereocenters. The van der Waals surface area contributed by atoms with Crippen LogP contribution in [0.2, 0.25) is 0 Å². The highest BCUT2D eigenvalue weighted by atomic mass is 127. The molecule has 2 heteroatoms. The molecular formula is C8H7IO. The van der Waals surface area contributed by atoms with Crippen LogP contribution in [0.25, 0.3) is 0 Å². The molecule has 0 aliphatic heterocycles. The molecule has 0 saturated carbocycles. The molecular weight excluding hydrogens is 239 g/mol. The highest BCUT2D eigenvalue weighted by Gasteiger charge is 2.33. The predicted octanol–water partition coefficient (Wildman–Crippen LogP) is 2.08. The average Bonchev–Trinajstić information content (AvgIpc) is 2.46. The van der Waals surface area contributed by atoms with Crippen molar-refractivity contribution < 1.29 is 4.79 Å². The van der Waals surface area contributed by atoms with Crippen LogP contribution in [0.15, 0.2) is 21.3 Å². The molecule has 0 amide bonds. The Kier molecular flexibility index (Phi) is 1.44. The number of carbonyl (C=O) groups is 1. The first-order valence-electron chi connectivity index (χ1n) is 3.36. The molecule has 0 heterocycles. The van der Waals surface area contributed by atoms with Crippen LogP contribution >= 0.6 is 22.6 Å². The predicted molar refractivity (Wildman–Crippen MR) is 47.8 cm³/mol. The van der Waals surface area contributed by atoms with E-state index in [1.165, 1.54) is 3.58 Å². The van der Waals surface area contributed by atoms with Crippen molar-refractivity contribution >= 4 is 28.9 Å². The molecule has 10 heavy (non-hydrogen) atoms. The standard InChI is InChI=1S/C8H7IO/c9-8-6-2-1-5(3-6)7(8)4-10/h1-2,4-6H,3H2/t5-,6+/m0/s1. The summed E-state index contributed by atoms with van der Waals surface area (Å²) in [5.74, 6) is 1.03. The molecule has 2 aliphatic carbocycles. The SMILES string of the molecule is O=CC1=C(I)[C@@H]2C=C[C@H]1C2. The van der Waals surface area contributed by atoms with Crippen LogP contribution in [-0.2, 0) is 4.79 Å². The lowest BCUT2D eigenvalue weighted by Gasteiger charge is -2.03. The van der Waals surface area contributed by atoms with E-state index in [9.17, 15) is 4.79 Å². The molecule has 2 aliphatic rings. The summed E-state index contributed by atoms with van der Waals surface area (Å²) in [4.78, 5) is 10.5. The summed E-state index contributed by atoms with van der Waals surface area (Å²) in [7, 11) is 0. The topological polar surface area (TPSA) is 17.1 Å². The summed E-state index contributed by atoms with van der Waals surface area (Å²) in [5, 5.41) is 0. The normalized spacial score (nSPS) is 35.7. The maximum absolute atomic E-state index is 10.5. The minimum atomic E-state index is 0.453. The van der Waals surface area contributed by atoms with E-state index in [-0.39, 0.29) is 0 Å². The lowest BCUT2D eigenvalue weighted by molar-refractivity contribution is -0.105. The van der Waals surface area contributed by atoms with Gasteiger partial charge in [0.25, 0.3) is 0 Å². The monoisotopic (exact) mass is 246 g/mol. The number of aldehydes is 1. The number of halogens is 1. The molecule has 0 spiro atoms. The fourth-order valence-electron chi connectivity index (χ4n) is 1.65. The minimum absolute atomic E-state index is 0.453. The highest BCUT2D eigenvalue weighted by Crippen LogP contribution is 2.45. The smallest absolute Gasteiger partial charge is 0.147 e. The summed E-state index contributed by atoms with van der Waals surface area (Å²) >= 11 is 2.28. The van der Waals surface area contributed by atoms with Crippen molar-refractivity contribution in [2.45, 2.75) is 6.42 Å². The average molecular weight is 246 g/mol. The van der Waals surface area contributed by atoms with Crippen LogP contribution in [0.3, 0.4) is 0 Å². The van der Waals surface area contributed by atoms with Crippen LogP contribution in [0.1, 0.15) is 6.42 Å². The van der Waals surface area contributed by atoms with Gasteiger partial charge in [0.05, 0.1) is 0 Å². The van der Waals surface area contributed by atoms with Crippen LogP contribution in [-0.4, -0.2) is 6.29 Å². The van der Waals surface area contributed by atoms with E-state index in [1.54, 1.807) is 0 Å². The fourth-order valence-corrected chi connectivity index (χ4v) is 2.64. The summed E-state index contributed by atoms with van der Waals surface area (Å²) < 4.78 is 1.26. The summed E-state index contributed by atoms with van der Waals surface area (Å²) in [6.07, 6.45) is 6.51. The van der Waals surface area contributed by atoms with Crippen LogP contribution in [0.4, 0.5) is 0 Å². The molecule has 0 aromatic carbocycles. The Labute approximate surface area is 73.3 Å². The van der Waals surface area contributed by atoms with Crippen molar-refractivity contribution in [2.75, 3.05) is 0 Å². The zero-order valence-electron chi connectivity index (χ0n) is 5.38. The highest BCUT2D eigenvalue weighted by molar-refractivity contribution is 14.1. The molecule has 2 atom stereocenters. The third kappa shape index (κ3) is 0.713. The van der Waals surface area contributed by atoms with Crippen molar-refractivity contribution in [3.8, 4) is 0 Å².